The maximum absolute atomic E-state index is 12.2. The zero-order valence-corrected chi connectivity index (χ0v) is 13.7. The number of hydrogen-bond donors (Lipinski definition) is 2. The maximum atomic E-state index is 12.2. The van der Waals surface area contributed by atoms with Gasteiger partial charge in [-0.25, -0.2) is 0 Å². The number of hydrogen-bond acceptors (Lipinski definition) is 5. The second-order valence-electron chi connectivity index (χ2n) is 5.58. The molecular formula is C13H26N2O5S. The Labute approximate surface area is 126 Å². The lowest BCUT2D eigenvalue weighted by Gasteiger charge is -2.32. The fraction of sp³-hybridized carbons (Fsp3) is 0.923. The molecule has 0 amide bonds. The van der Waals surface area contributed by atoms with E-state index in [1.807, 2.05) is 13.8 Å². The Morgan fingerprint density at radius 2 is 1.95 bits per heavy atom. The quantitative estimate of drug-likeness (QED) is 0.649. The maximum Gasteiger partial charge on any atom is 0.309 e. The predicted molar refractivity (Wildman–Crippen MR) is 78.7 cm³/mol. The van der Waals surface area contributed by atoms with Crippen LogP contribution in [0.2, 0.25) is 0 Å². The molecule has 0 aromatic rings. The summed E-state index contributed by atoms with van der Waals surface area (Å²) in [5, 5.41) is 9.23. The lowest BCUT2D eigenvalue weighted by molar-refractivity contribution is -0.149. The Morgan fingerprint density at radius 1 is 1.38 bits per heavy atom. The van der Waals surface area contributed by atoms with Crippen LogP contribution in [0.4, 0.5) is 0 Å². The number of esters is 1. The largest absolute Gasteiger partial charge is 0.466 e. The van der Waals surface area contributed by atoms with Crippen molar-refractivity contribution in [2.45, 2.75) is 39.7 Å². The first-order valence-electron chi connectivity index (χ1n) is 7.36. The van der Waals surface area contributed by atoms with E-state index in [2.05, 4.69) is 4.72 Å². The molecule has 1 atom stereocenters. The molecule has 0 bridgehead atoms. The number of ether oxygens (including phenoxy) is 1. The number of nitrogens with one attached hydrogen (secondary N) is 1. The Morgan fingerprint density at radius 3 is 2.38 bits per heavy atom. The van der Waals surface area contributed by atoms with Gasteiger partial charge in [-0.15, -0.1) is 0 Å². The minimum absolute atomic E-state index is 0.00171. The van der Waals surface area contributed by atoms with E-state index in [1.165, 1.54) is 4.31 Å². The number of aliphatic hydroxyl groups excluding tert-OH is 1. The van der Waals surface area contributed by atoms with Crippen molar-refractivity contribution < 1.29 is 23.1 Å². The monoisotopic (exact) mass is 322 g/mol. The molecule has 1 saturated heterocycles. The average Bonchev–Trinajstić information content (AvgIpc) is 2.45. The van der Waals surface area contributed by atoms with E-state index >= 15 is 0 Å². The summed E-state index contributed by atoms with van der Waals surface area (Å²) in [6, 6.07) is -0.502. The molecule has 1 aliphatic rings. The fourth-order valence-electron chi connectivity index (χ4n) is 2.24. The molecule has 2 N–H and O–H groups in total. The van der Waals surface area contributed by atoms with Crippen molar-refractivity contribution in [1.82, 2.24) is 9.03 Å². The minimum Gasteiger partial charge on any atom is -0.466 e. The summed E-state index contributed by atoms with van der Waals surface area (Å²) in [5.41, 5.74) is 0. The summed E-state index contributed by atoms with van der Waals surface area (Å²) in [4.78, 5) is 11.6. The van der Waals surface area contributed by atoms with E-state index in [9.17, 15) is 18.3 Å². The lowest BCUT2D eigenvalue weighted by atomic mass is 9.98. The molecule has 0 aromatic heterocycles. The van der Waals surface area contributed by atoms with E-state index in [4.69, 9.17) is 4.74 Å². The Balaban J connectivity index is 2.58. The van der Waals surface area contributed by atoms with Crippen LogP contribution in [0, 0.1) is 11.8 Å². The van der Waals surface area contributed by atoms with Crippen LogP contribution in [0.15, 0.2) is 0 Å². The summed E-state index contributed by atoms with van der Waals surface area (Å²) < 4.78 is 33.3. The molecule has 1 aliphatic heterocycles. The van der Waals surface area contributed by atoms with Crippen LogP contribution in [0.1, 0.15) is 33.6 Å². The van der Waals surface area contributed by atoms with E-state index in [0.717, 1.165) is 0 Å². The van der Waals surface area contributed by atoms with Crippen LogP contribution < -0.4 is 4.72 Å². The van der Waals surface area contributed by atoms with Crippen LogP contribution in [0.3, 0.4) is 0 Å². The van der Waals surface area contributed by atoms with E-state index in [-0.39, 0.29) is 37.5 Å². The molecule has 21 heavy (non-hydrogen) atoms. The molecule has 0 aromatic carbocycles. The van der Waals surface area contributed by atoms with Gasteiger partial charge < -0.3 is 9.84 Å². The van der Waals surface area contributed by atoms with Crippen molar-refractivity contribution >= 4 is 16.2 Å². The first-order chi connectivity index (χ1) is 9.81. The van der Waals surface area contributed by atoms with Crippen LogP contribution in [-0.4, -0.2) is 56.1 Å². The second-order valence-corrected chi connectivity index (χ2v) is 7.28. The average molecular weight is 322 g/mol. The van der Waals surface area contributed by atoms with Gasteiger partial charge >= 0.3 is 5.97 Å². The third-order valence-electron chi connectivity index (χ3n) is 3.72. The zero-order chi connectivity index (χ0) is 16.0. The van der Waals surface area contributed by atoms with Crippen LogP contribution in [-0.2, 0) is 19.7 Å². The van der Waals surface area contributed by atoms with Crippen LogP contribution in [0.25, 0.3) is 0 Å². The highest BCUT2D eigenvalue weighted by Crippen LogP contribution is 2.20. The highest BCUT2D eigenvalue weighted by molar-refractivity contribution is 7.87. The normalized spacial score (nSPS) is 19.7. The van der Waals surface area contributed by atoms with Crippen molar-refractivity contribution in [2.75, 3.05) is 26.3 Å². The van der Waals surface area contributed by atoms with Gasteiger partial charge in [0.25, 0.3) is 10.2 Å². The first kappa shape index (κ1) is 18.3. The number of carbonyl (C=O) groups is 1. The molecule has 0 saturated carbocycles. The van der Waals surface area contributed by atoms with Gasteiger partial charge in [-0.1, -0.05) is 13.8 Å². The molecule has 1 rings (SSSR count). The molecule has 8 heteroatoms. The summed E-state index contributed by atoms with van der Waals surface area (Å²) in [6.45, 7) is 6.11. The molecule has 0 aliphatic carbocycles. The van der Waals surface area contributed by atoms with Gasteiger partial charge in [0.1, 0.15) is 0 Å². The van der Waals surface area contributed by atoms with Crippen LogP contribution in [0.5, 0.6) is 0 Å². The molecule has 1 unspecified atom stereocenters. The Bertz CT molecular complexity index is 430. The van der Waals surface area contributed by atoms with E-state index < -0.39 is 16.3 Å². The van der Waals surface area contributed by atoms with Crippen molar-refractivity contribution in [3.05, 3.63) is 0 Å². The molecule has 0 radical (unpaired) electrons. The van der Waals surface area contributed by atoms with Gasteiger partial charge in [0.05, 0.1) is 19.1 Å². The second kappa shape index (κ2) is 8.07. The number of carbonyl (C=O) groups excluding carboxylic acids is 1. The zero-order valence-electron chi connectivity index (χ0n) is 12.9. The van der Waals surface area contributed by atoms with Crippen LogP contribution >= 0.6 is 0 Å². The summed E-state index contributed by atoms with van der Waals surface area (Å²) in [6.07, 6.45) is 0.927. The lowest BCUT2D eigenvalue weighted by Crippen LogP contribution is -2.51. The van der Waals surface area contributed by atoms with E-state index in [0.29, 0.717) is 19.4 Å². The van der Waals surface area contributed by atoms with Gasteiger partial charge in [-0.05, 0) is 25.7 Å². The standard InChI is InChI=1S/C13H26N2O5S/c1-4-20-13(17)11-5-7-15(8-6-11)21(18,19)14-12(9-16)10(2)3/h10-12,14,16H,4-9H2,1-3H3. The Hall–Kier alpha value is -0.700. The molecule has 1 heterocycles. The minimum atomic E-state index is -3.63. The summed E-state index contributed by atoms with van der Waals surface area (Å²) in [7, 11) is -3.63. The SMILES string of the molecule is CCOC(=O)C1CCN(S(=O)(=O)NC(CO)C(C)C)CC1. The fourth-order valence-corrected chi connectivity index (χ4v) is 3.81. The highest BCUT2D eigenvalue weighted by Gasteiger charge is 2.33. The molecule has 0 spiro atoms. The third kappa shape index (κ3) is 5.21. The van der Waals surface area contributed by atoms with Crippen molar-refractivity contribution in [3.8, 4) is 0 Å². The highest BCUT2D eigenvalue weighted by atomic mass is 32.2. The number of rotatable bonds is 7. The number of nitrogens with zero attached hydrogens (tertiary/aromatic N) is 1. The number of aliphatic hydroxyl groups is 1. The topological polar surface area (TPSA) is 95.9 Å². The summed E-state index contributed by atoms with van der Waals surface area (Å²) in [5.74, 6) is -0.477. The smallest absolute Gasteiger partial charge is 0.309 e. The van der Waals surface area contributed by atoms with Crippen molar-refractivity contribution in [2.24, 2.45) is 11.8 Å². The van der Waals surface area contributed by atoms with Crippen molar-refractivity contribution in [1.29, 1.82) is 0 Å². The summed E-state index contributed by atoms with van der Waals surface area (Å²) >= 11 is 0. The molecule has 124 valence electrons. The van der Waals surface area contributed by atoms with Gasteiger partial charge in [0.2, 0.25) is 0 Å². The van der Waals surface area contributed by atoms with Gasteiger partial charge in [0, 0.05) is 19.1 Å². The third-order valence-corrected chi connectivity index (χ3v) is 5.36. The molecule has 7 nitrogen and oxygen atoms in total. The van der Waals surface area contributed by atoms with Gasteiger partial charge in [0.15, 0.2) is 0 Å². The van der Waals surface area contributed by atoms with Gasteiger partial charge in [-0.2, -0.15) is 17.4 Å². The first-order valence-corrected chi connectivity index (χ1v) is 8.80. The van der Waals surface area contributed by atoms with E-state index in [1.54, 1.807) is 6.92 Å². The molecule has 1 fully saturated rings. The predicted octanol–water partition coefficient (Wildman–Crippen LogP) is 0.113. The molecular weight excluding hydrogens is 296 g/mol. The van der Waals surface area contributed by atoms with Crippen molar-refractivity contribution in [3.63, 3.8) is 0 Å². The number of piperidine rings is 1. The Kier molecular flexibility index (Phi) is 7.05. The van der Waals surface area contributed by atoms with Gasteiger partial charge in [-0.3, -0.25) is 4.79 Å².